The van der Waals surface area contributed by atoms with Gasteiger partial charge in [0.1, 0.15) is 0 Å². The molecular weight excluding hydrogens is 370 g/mol. The zero-order chi connectivity index (χ0) is 20.0. The van der Waals surface area contributed by atoms with Crippen LogP contribution in [0.3, 0.4) is 0 Å². The molecule has 28 heavy (non-hydrogen) atoms. The Hall–Kier alpha value is -3.56. The fraction of sp³-hybridized carbons (Fsp3) is 0.333. The van der Waals surface area contributed by atoms with E-state index in [4.69, 9.17) is 9.84 Å². The molecule has 1 saturated heterocycles. The largest absolute Gasteiger partial charge is 0.479 e. The van der Waals surface area contributed by atoms with Crippen molar-refractivity contribution in [3.05, 3.63) is 46.0 Å². The predicted molar refractivity (Wildman–Crippen MR) is 93.4 cm³/mol. The molecule has 1 saturated carbocycles. The molecule has 1 aromatic carbocycles. The Morgan fingerprint density at radius 1 is 1.29 bits per heavy atom. The van der Waals surface area contributed by atoms with Gasteiger partial charge in [0.25, 0.3) is 11.8 Å². The molecule has 2 bridgehead atoms. The van der Waals surface area contributed by atoms with E-state index in [0.717, 1.165) is 23.7 Å². The van der Waals surface area contributed by atoms with Crippen molar-refractivity contribution >= 4 is 29.7 Å². The highest BCUT2D eigenvalue weighted by molar-refractivity contribution is 6.07. The first-order valence-corrected chi connectivity index (χ1v) is 8.60. The summed E-state index contributed by atoms with van der Waals surface area (Å²) in [6, 6.07) is 3.96. The molecule has 2 fully saturated rings. The van der Waals surface area contributed by atoms with Crippen LogP contribution in [0.25, 0.3) is 0 Å². The number of fused-ring (bicyclic) bond motifs is 5. The first-order chi connectivity index (χ1) is 13.4. The first kappa shape index (κ1) is 17.8. The van der Waals surface area contributed by atoms with Crippen LogP contribution in [-0.4, -0.2) is 45.6 Å². The van der Waals surface area contributed by atoms with E-state index in [1.165, 1.54) is 12.1 Å². The summed E-state index contributed by atoms with van der Waals surface area (Å²) in [5.41, 5.74) is -0.349. The van der Waals surface area contributed by atoms with E-state index in [1.54, 1.807) is 0 Å². The van der Waals surface area contributed by atoms with Crippen LogP contribution in [0.5, 0.6) is 5.75 Å². The molecule has 1 aromatic rings. The summed E-state index contributed by atoms with van der Waals surface area (Å²) in [4.78, 5) is 46.5. The molecule has 4 unspecified atom stereocenters. The average Bonchev–Trinajstić information content (AvgIpc) is 3.33. The van der Waals surface area contributed by atoms with Gasteiger partial charge in [-0.05, 0) is 24.3 Å². The highest BCUT2D eigenvalue weighted by atomic mass is 16.6. The monoisotopic (exact) mass is 385 g/mol. The number of allylic oxidation sites excluding steroid dienone is 2. The van der Waals surface area contributed by atoms with Crippen molar-refractivity contribution in [2.75, 3.05) is 6.61 Å². The van der Waals surface area contributed by atoms with E-state index in [9.17, 15) is 24.5 Å². The minimum atomic E-state index is -1.30. The van der Waals surface area contributed by atoms with Crippen LogP contribution >= 0.6 is 0 Å². The molecule has 1 aliphatic heterocycles. The maximum Gasteiger partial charge on any atom is 0.341 e. The van der Waals surface area contributed by atoms with Gasteiger partial charge < -0.3 is 9.84 Å². The number of aliphatic carboxylic acids is 1. The number of ether oxygens (including phenoxy) is 1. The van der Waals surface area contributed by atoms with Gasteiger partial charge in [0.2, 0.25) is 5.75 Å². The SMILES string of the molecule is O=C(O)COc1c(C=NN2C(=O)C3C4C=CC(C4)C3C2=O)cccc1[N+](=O)[O-]. The van der Waals surface area contributed by atoms with Crippen LogP contribution in [0, 0.1) is 33.8 Å². The number of nitrogens with zero attached hydrogens (tertiary/aromatic N) is 3. The van der Waals surface area contributed by atoms with Gasteiger partial charge in [-0.1, -0.05) is 18.2 Å². The van der Waals surface area contributed by atoms with E-state index in [0.29, 0.717) is 0 Å². The number of imide groups is 1. The number of hydrogen-bond acceptors (Lipinski definition) is 7. The third-order valence-corrected chi connectivity index (χ3v) is 5.32. The number of para-hydroxylation sites is 1. The van der Waals surface area contributed by atoms with Crippen LogP contribution in [0.4, 0.5) is 5.69 Å². The van der Waals surface area contributed by atoms with Crippen molar-refractivity contribution in [1.29, 1.82) is 0 Å². The van der Waals surface area contributed by atoms with Crippen LogP contribution in [-0.2, 0) is 14.4 Å². The topological polar surface area (TPSA) is 139 Å². The molecule has 0 radical (unpaired) electrons. The van der Waals surface area contributed by atoms with E-state index in [2.05, 4.69) is 5.10 Å². The fourth-order valence-corrected chi connectivity index (χ4v) is 4.20. The third kappa shape index (κ3) is 2.73. The lowest BCUT2D eigenvalue weighted by atomic mass is 9.85. The van der Waals surface area contributed by atoms with E-state index < -0.39 is 35.0 Å². The number of carboxylic acid groups (broad SMARTS) is 1. The van der Waals surface area contributed by atoms with Crippen LogP contribution in [0.15, 0.2) is 35.5 Å². The number of hydrogen-bond donors (Lipinski definition) is 1. The van der Waals surface area contributed by atoms with Gasteiger partial charge in [-0.15, -0.1) is 0 Å². The molecule has 4 atom stereocenters. The minimum Gasteiger partial charge on any atom is -0.479 e. The lowest BCUT2D eigenvalue weighted by Gasteiger charge is -2.13. The molecule has 10 nitrogen and oxygen atoms in total. The van der Waals surface area contributed by atoms with Crippen molar-refractivity contribution in [3.8, 4) is 5.75 Å². The second kappa shape index (κ2) is 6.55. The maximum absolute atomic E-state index is 12.6. The summed E-state index contributed by atoms with van der Waals surface area (Å²) in [7, 11) is 0. The number of carbonyl (C=O) groups excluding carboxylic acids is 2. The second-order valence-electron chi connectivity index (χ2n) is 6.87. The number of nitro groups is 1. The lowest BCUT2D eigenvalue weighted by molar-refractivity contribution is -0.385. The minimum absolute atomic E-state index is 0.0407. The molecule has 144 valence electrons. The Labute approximate surface area is 158 Å². The van der Waals surface area contributed by atoms with Crippen molar-refractivity contribution in [1.82, 2.24) is 5.01 Å². The van der Waals surface area contributed by atoms with Gasteiger partial charge >= 0.3 is 11.7 Å². The number of rotatable bonds is 6. The second-order valence-corrected chi connectivity index (χ2v) is 6.87. The number of nitro benzene ring substituents is 1. The van der Waals surface area contributed by atoms with Crippen LogP contribution in [0.1, 0.15) is 12.0 Å². The third-order valence-electron chi connectivity index (χ3n) is 5.32. The molecule has 0 spiro atoms. The molecule has 3 aliphatic rings. The number of benzene rings is 1. The number of carboxylic acids is 1. The molecule has 1 N–H and O–H groups in total. The maximum atomic E-state index is 12.6. The van der Waals surface area contributed by atoms with Crippen LogP contribution in [0.2, 0.25) is 0 Å². The molecule has 0 aromatic heterocycles. The van der Waals surface area contributed by atoms with Crippen molar-refractivity contribution in [2.24, 2.45) is 28.8 Å². The summed E-state index contributed by atoms with van der Waals surface area (Å²) < 4.78 is 5.05. The molecule has 1 heterocycles. The zero-order valence-electron chi connectivity index (χ0n) is 14.4. The number of amides is 2. The van der Waals surface area contributed by atoms with Crippen molar-refractivity contribution in [3.63, 3.8) is 0 Å². The van der Waals surface area contributed by atoms with Gasteiger partial charge in [-0.2, -0.15) is 10.1 Å². The normalized spacial score (nSPS) is 27.6. The lowest BCUT2D eigenvalue weighted by Crippen LogP contribution is -2.28. The molecular formula is C18H15N3O7. The summed E-state index contributed by atoms with van der Waals surface area (Å²) in [6.07, 6.45) is 5.82. The zero-order valence-corrected chi connectivity index (χ0v) is 14.4. The van der Waals surface area contributed by atoms with E-state index in [1.807, 2.05) is 12.2 Å². The molecule has 2 aliphatic carbocycles. The summed E-state index contributed by atoms with van der Waals surface area (Å²) >= 11 is 0. The Kier molecular flexibility index (Phi) is 4.17. The molecule has 2 amide bonds. The quantitative estimate of drug-likeness (QED) is 0.255. The number of hydrazone groups is 1. The van der Waals surface area contributed by atoms with Crippen LogP contribution < -0.4 is 4.74 Å². The van der Waals surface area contributed by atoms with Crippen molar-refractivity contribution < 1.29 is 29.2 Å². The number of carbonyl (C=O) groups is 3. The van der Waals surface area contributed by atoms with Crippen molar-refractivity contribution in [2.45, 2.75) is 6.42 Å². The van der Waals surface area contributed by atoms with Gasteiger partial charge in [-0.25, -0.2) is 4.79 Å². The summed E-state index contributed by atoms with van der Waals surface area (Å²) in [6.45, 7) is -0.785. The van der Waals surface area contributed by atoms with E-state index in [-0.39, 0.29) is 35.0 Å². The van der Waals surface area contributed by atoms with Gasteiger partial charge in [-0.3, -0.25) is 19.7 Å². The Morgan fingerprint density at radius 2 is 1.93 bits per heavy atom. The molecule has 10 heteroatoms. The first-order valence-electron chi connectivity index (χ1n) is 8.60. The Balaban J connectivity index is 1.62. The Bertz CT molecular complexity index is 924. The molecule has 4 rings (SSSR count). The smallest absolute Gasteiger partial charge is 0.341 e. The van der Waals surface area contributed by atoms with E-state index >= 15 is 0 Å². The fourth-order valence-electron chi connectivity index (χ4n) is 4.20. The summed E-state index contributed by atoms with van der Waals surface area (Å²) in [5, 5.41) is 24.7. The standard InChI is InChI=1S/C18H15N3O7/c22-13(23)8-28-16-11(2-1-3-12(16)21(26)27)7-19-20-17(24)14-9-4-5-10(6-9)15(14)18(20)25/h1-5,7,9-10,14-15H,6,8H2,(H,22,23). The predicted octanol–water partition coefficient (Wildman–Crippen LogP) is 1.20. The van der Waals surface area contributed by atoms with Gasteiger partial charge in [0, 0.05) is 11.6 Å². The van der Waals surface area contributed by atoms with Gasteiger partial charge in [0.15, 0.2) is 6.61 Å². The summed E-state index contributed by atoms with van der Waals surface area (Å²) in [5.74, 6) is -3.11. The van der Waals surface area contributed by atoms with Gasteiger partial charge in [0.05, 0.1) is 23.0 Å². The average molecular weight is 385 g/mol. The highest BCUT2D eigenvalue weighted by Gasteiger charge is 2.59. The Morgan fingerprint density at radius 3 is 2.50 bits per heavy atom. The highest BCUT2D eigenvalue weighted by Crippen LogP contribution is 2.52.